The van der Waals surface area contributed by atoms with Gasteiger partial charge in [-0.2, -0.15) is 0 Å². The molecule has 0 radical (unpaired) electrons. The monoisotopic (exact) mass is 268 g/mol. The number of nitrogens with one attached hydrogen (secondary N) is 1. The Bertz CT molecular complexity index is 752. The average molecular weight is 268 g/mol. The maximum Gasteiger partial charge on any atom is 0.323 e. The van der Waals surface area contributed by atoms with Gasteiger partial charge < -0.3 is 10.4 Å². The number of aromatic nitrogens is 3. The molecule has 0 unspecified atom stereocenters. The van der Waals surface area contributed by atoms with Crippen molar-refractivity contribution in [1.29, 1.82) is 0 Å². The van der Waals surface area contributed by atoms with E-state index in [-0.39, 0.29) is 6.54 Å². The standard InChI is InChI=1S/C14H12N4O2/c19-13(20)9-18-11-6-2-1-5-10(11)16-14(18)17-12-7-3-4-8-15-12/h1-8H,9H2,(H,19,20)(H,15,16,17). The zero-order valence-electron chi connectivity index (χ0n) is 10.5. The number of rotatable bonds is 4. The van der Waals surface area contributed by atoms with Gasteiger partial charge in [0.25, 0.3) is 0 Å². The lowest BCUT2D eigenvalue weighted by atomic mass is 10.3. The number of anilines is 2. The number of para-hydroxylation sites is 2. The number of imidazole rings is 1. The lowest BCUT2D eigenvalue weighted by molar-refractivity contribution is -0.137. The highest BCUT2D eigenvalue weighted by atomic mass is 16.4. The van der Waals surface area contributed by atoms with Crippen molar-refractivity contribution in [2.24, 2.45) is 0 Å². The van der Waals surface area contributed by atoms with Crippen LogP contribution in [0.25, 0.3) is 11.0 Å². The highest BCUT2D eigenvalue weighted by Crippen LogP contribution is 2.21. The van der Waals surface area contributed by atoms with Crippen molar-refractivity contribution in [2.45, 2.75) is 6.54 Å². The Morgan fingerprint density at radius 1 is 1.20 bits per heavy atom. The zero-order chi connectivity index (χ0) is 13.9. The summed E-state index contributed by atoms with van der Waals surface area (Å²) in [5.41, 5.74) is 1.51. The minimum atomic E-state index is -0.919. The fraction of sp³-hybridized carbons (Fsp3) is 0.0714. The molecule has 0 bridgehead atoms. The van der Waals surface area contributed by atoms with Crippen LogP contribution in [0.2, 0.25) is 0 Å². The molecule has 3 aromatic rings. The molecule has 0 saturated heterocycles. The van der Waals surface area contributed by atoms with Crippen molar-refractivity contribution in [3.05, 3.63) is 48.7 Å². The van der Waals surface area contributed by atoms with E-state index in [0.717, 1.165) is 11.0 Å². The summed E-state index contributed by atoms with van der Waals surface area (Å²) < 4.78 is 1.62. The molecule has 6 nitrogen and oxygen atoms in total. The lowest BCUT2D eigenvalue weighted by Gasteiger charge is -2.07. The fourth-order valence-corrected chi connectivity index (χ4v) is 2.02. The first-order valence-corrected chi connectivity index (χ1v) is 6.09. The van der Waals surface area contributed by atoms with Gasteiger partial charge >= 0.3 is 5.97 Å². The number of carboxylic acids is 1. The minimum absolute atomic E-state index is 0.157. The lowest BCUT2D eigenvalue weighted by Crippen LogP contribution is -2.11. The quantitative estimate of drug-likeness (QED) is 0.758. The Morgan fingerprint density at radius 3 is 2.75 bits per heavy atom. The van der Waals surface area contributed by atoms with Crippen molar-refractivity contribution >= 4 is 28.8 Å². The van der Waals surface area contributed by atoms with Gasteiger partial charge in [0.2, 0.25) is 5.95 Å². The Labute approximate surface area is 114 Å². The van der Waals surface area contributed by atoms with Crippen LogP contribution in [0.1, 0.15) is 0 Å². The van der Waals surface area contributed by atoms with Crippen molar-refractivity contribution in [1.82, 2.24) is 14.5 Å². The van der Waals surface area contributed by atoms with E-state index in [1.807, 2.05) is 36.4 Å². The van der Waals surface area contributed by atoms with Crippen LogP contribution in [-0.2, 0) is 11.3 Å². The highest BCUT2D eigenvalue weighted by molar-refractivity contribution is 5.81. The smallest absolute Gasteiger partial charge is 0.323 e. The number of carboxylic acid groups (broad SMARTS) is 1. The predicted molar refractivity (Wildman–Crippen MR) is 74.9 cm³/mol. The van der Waals surface area contributed by atoms with Crippen LogP contribution >= 0.6 is 0 Å². The Hall–Kier alpha value is -2.89. The number of aliphatic carboxylic acids is 1. The number of hydrogen-bond acceptors (Lipinski definition) is 4. The molecule has 100 valence electrons. The second-order valence-electron chi connectivity index (χ2n) is 4.24. The van der Waals surface area contributed by atoms with E-state index in [0.29, 0.717) is 11.8 Å². The largest absolute Gasteiger partial charge is 0.480 e. The maximum absolute atomic E-state index is 11.0. The van der Waals surface area contributed by atoms with Crippen LogP contribution < -0.4 is 5.32 Å². The van der Waals surface area contributed by atoms with Crippen LogP contribution in [0, 0.1) is 0 Å². The molecule has 0 amide bonds. The molecule has 3 rings (SSSR count). The fourth-order valence-electron chi connectivity index (χ4n) is 2.02. The van der Waals surface area contributed by atoms with Crippen molar-refractivity contribution < 1.29 is 9.90 Å². The summed E-state index contributed by atoms with van der Waals surface area (Å²) in [6.45, 7) is -0.157. The number of pyridine rings is 1. The number of carbonyl (C=O) groups is 1. The molecule has 0 aliphatic carbocycles. The number of nitrogens with zero attached hydrogens (tertiary/aromatic N) is 3. The van der Waals surface area contributed by atoms with E-state index in [1.54, 1.807) is 16.8 Å². The molecule has 6 heteroatoms. The first-order chi connectivity index (χ1) is 9.74. The average Bonchev–Trinajstić information content (AvgIpc) is 2.78. The van der Waals surface area contributed by atoms with Gasteiger partial charge in [-0.1, -0.05) is 18.2 Å². The van der Waals surface area contributed by atoms with Crippen LogP contribution in [-0.4, -0.2) is 25.6 Å². The third-order valence-electron chi connectivity index (χ3n) is 2.85. The molecule has 0 fully saturated rings. The minimum Gasteiger partial charge on any atom is -0.480 e. The molecule has 20 heavy (non-hydrogen) atoms. The van der Waals surface area contributed by atoms with Gasteiger partial charge in [0.1, 0.15) is 12.4 Å². The summed E-state index contributed by atoms with van der Waals surface area (Å²) in [6.07, 6.45) is 1.66. The predicted octanol–water partition coefficient (Wildman–Crippen LogP) is 2.26. The highest BCUT2D eigenvalue weighted by Gasteiger charge is 2.13. The third kappa shape index (κ3) is 2.31. The summed E-state index contributed by atoms with van der Waals surface area (Å²) in [5.74, 6) is 0.166. The molecule has 2 N–H and O–H groups in total. The molecule has 2 aromatic heterocycles. The van der Waals surface area contributed by atoms with E-state index in [4.69, 9.17) is 5.11 Å². The van der Waals surface area contributed by atoms with E-state index in [1.165, 1.54) is 0 Å². The van der Waals surface area contributed by atoms with Crippen LogP contribution in [0.4, 0.5) is 11.8 Å². The molecule has 0 spiro atoms. The van der Waals surface area contributed by atoms with Crippen molar-refractivity contribution in [3.8, 4) is 0 Å². The number of benzene rings is 1. The topological polar surface area (TPSA) is 80.0 Å². The van der Waals surface area contributed by atoms with Gasteiger partial charge in [-0.25, -0.2) is 9.97 Å². The first kappa shape index (κ1) is 12.2. The van der Waals surface area contributed by atoms with Gasteiger partial charge in [0, 0.05) is 6.20 Å². The molecule has 1 aromatic carbocycles. The second-order valence-corrected chi connectivity index (χ2v) is 4.24. The second kappa shape index (κ2) is 5.00. The van der Waals surface area contributed by atoms with Crippen molar-refractivity contribution in [2.75, 3.05) is 5.32 Å². The molecular formula is C14H12N4O2. The van der Waals surface area contributed by atoms with E-state index < -0.39 is 5.97 Å². The van der Waals surface area contributed by atoms with Gasteiger partial charge in [0.15, 0.2) is 0 Å². The van der Waals surface area contributed by atoms with E-state index in [9.17, 15) is 4.79 Å². The number of hydrogen-bond donors (Lipinski definition) is 2. The van der Waals surface area contributed by atoms with Crippen LogP contribution in [0.15, 0.2) is 48.7 Å². The van der Waals surface area contributed by atoms with E-state index in [2.05, 4.69) is 15.3 Å². The Kier molecular flexibility index (Phi) is 3.04. The van der Waals surface area contributed by atoms with Gasteiger partial charge in [-0.05, 0) is 24.3 Å². The normalized spacial score (nSPS) is 10.6. The summed E-state index contributed by atoms with van der Waals surface area (Å²) in [6, 6.07) is 12.9. The summed E-state index contributed by atoms with van der Waals surface area (Å²) in [4.78, 5) is 19.6. The van der Waals surface area contributed by atoms with E-state index >= 15 is 0 Å². The van der Waals surface area contributed by atoms with Crippen LogP contribution in [0.3, 0.4) is 0 Å². The molecule has 2 heterocycles. The Balaban J connectivity index is 2.07. The molecule has 0 aliphatic rings. The SMILES string of the molecule is O=C(O)Cn1c(Nc2ccccn2)nc2ccccc21. The first-order valence-electron chi connectivity index (χ1n) is 6.09. The molecule has 0 aliphatic heterocycles. The third-order valence-corrected chi connectivity index (χ3v) is 2.85. The summed E-state index contributed by atoms with van der Waals surface area (Å²) >= 11 is 0. The zero-order valence-corrected chi connectivity index (χ0v) is 10.5. The van der Waals surface area contributed by atoms with Gasteiger partial charge in [0.05, 0.1) is 11.0 Å². The number of fused-ring (bicyclic) bond motifs is 1. The summed E-state index contributed by atoms with van der Waals surface area (Å²) in [5, 5.41) is 12.1. The van der Waals surface area contributed by atoms with Gasteiger partial charge in [-0.15, -0.1) is 0 Å². The van der Waals surface area contributed by atoms with Crippen molar-refractivity contribution in [3.63, 3.8) is 0 Å². The summed E-state index contributed by atoms with van der Waals surface area (Å²) in [7, 11) is 0. The Morgan fingerprint density at radius 2 is 2.00 bits per heavy atom. The molecule has 0 atom stereocenters. The maximum atomic E-state index is 11.0. The molecule has 0 saturated carbocycles. The van der Waals surface area contributed by atoms with Gasteiger partial charge in [-0.3, -0.25) is 9.36 Å². The van der Waals surface area contributed by atoms with Crippen LogP contribution in [0.5, 0.6) is 0 Å². The molecular weight excluding hydrogens is 256 g/mol.